The number of halogens is 1. The molecule has 0 aliphatic carbocycles. The van der Waals surface area contributed by atoms with Gasteiger partial charge < -0.3 is 4.40 Å². The van der Waals surface area contributed by atoms with E-state index in [1.807, 2.05) is 29.7 Å². The molecule has 0 bridgehead atoms. The monoisotopic (exact) mass is 238 g/mol. The molecule has 0 amide bonds. The van der Waals surface area contributed by atoms with Gasteiger partial charge in [0.05, 0.1) is 5.52 Å². The van der Waals surface area contributed by atoms with Gasteiger partial charge in [0, 0.05) is 10.7 Å². The van der Waals surface area contributed by atoms with E-state index in [1.165, 1.54) is 0 Å². The quantitative estimate of drug-likeness (QED) is 0.715. The van der Waals surface area contributed by atoms with Crippen LogP contribution in [-0.4, -0.2) is 15.7 Å². The van der Waals surface area contributed by atoms with E-state index >= 15 is 0 Å². The van der Waals surface area contributed by atoms with Crippen LogP contribution < -0.4 is 0 Å². The Morgan fingerprint density at radius 3 is 3.08 bits per heavy atom. The van der Waals surface area contributed by atoms with Gasteiger partial charge in [-0.2, -0.15) is 0 Å². The summed E-state index contributed by atoms with van der Waals surface area (Å²) in [7, 11) is 0. The van der Waals surface area contributed by atoms with Gasteiger partial charge in [0.25, 0.3) is 0 Å². The lowest BCUT2D eigenvalue weighted by atomic mass is 10.3. The van der Waals surface area contributed by atoms with Gasteiger partial charge in [-0.1, -0.05) is 15.9 Å². The molecule has 0 aliphatic rings. The Balaban J connectivity index is 2.89. The fourth-order valence-corrected chi connectivity index (χ4v) is 1.66. The molecule has 13 heavy (non-hydrogen) atoms. The molecule has 0 aliphatic heterocycles. The second-order valence-electron chi connectivity index (χ2n) is 2.76. The predicted molar refractivity (Wildman–Crippen MR) is 53.0 cm³/mol. The van der Waals surface area contributed by atoms with E-state index in [2.05, 4.69) is 20.9 Å². The van der Waals surface area contributed by atoms with Gasteiger partial charge in [-0.25, -0.2) is 4.98 Å². The normalized spacial score (nSPS) is 10.6. The van der Waals surface area contributed by atoms with E-state index in [4.69, 9.17) is 0 Å². The largest absolute Gasteiger partial charge is 0.303 e. The maximum Gasteiger partial charge on any atom is 0.170 e. The minimum Gasteiger partial charge on any atom is -0.303 e. The first-order chi connectivity index (χ1) is 6.22. The van der Waals surface area contributed by atoms with E-state index in [0.717, 1.165) is 22.1 Å². The Kier molecular flexibility index (Phi) is 1.92. The Labute approximate surface area is 83.5 Å². The van der Waals surface area contributed by atoms with Crippen molar-refractivity contribution in [3.05, 3.63) is 34.3 Å². The van der Waals surface area contributed by atoms with Crippen LogP contribution in [0, 0.1) is 6.92 Å². The van der Waals surface area contributed by atoms with Crippen molar-refractivity contribution in [3.63, 3.8) is 0 Å². The number of aldehydes is 1. The summed E-state index contributed by atoms with van der Waals surface area (Å²) in [6, 6.07) is 3.79. The van der Waals surface area contributed by atoms with Crippen LogP contribution in [0.25, 0.3) is 5.52 Å². The number of imidazole rings is 1. The van der Waals surface area contributed by atoms with E-state index in [1.54, 1.807) is 0 Å². The van der Waals surface area contributed by atoms with Crippen molar-refractivity contribution in [1.29, 1.82) is 0 Å². The van der Waals surface area contributed by atoms with Gasteiger partial charge in [0.15, 0.2) is 6.29 Å². The van der Waals surface area contributed by atoms with Crippen LogP contribution in [-0.2, 0) is 0 Å². The number of carbonyl (C=O) groups is 1. The van der Waals surface area contributed by atoms with Crippen LogP contribution in [0.5, 0.6) is 0 Å². The molecule has 0 radical (unpaired) electrons. The van der Waals surface area contributed by atoms with Crippen molar-refractivity contribution in [2.75, 3.05) is 0 Å². The maximum atomic E-state index is 10.7. The number of aryl methyl sites for hydroxylation is 1. The molecule has 0 aromatic carbocycles. The standard InChI is InChI=1S/C9H7BrN2O/c1-6-11-8(5-13)9-4-7(10)2-3-12(6)9/h2-5H,1H3. The summed E-state index contributed by atoms with van der Waals surface area (Å²) in [6.45, 7) is 1.87. The number of fused-ring (bicyclic) bond motifs is 1. The zero-order valence-corrected chi connectivity index (χ0v) is 8.58. The average molecular weight is 239 g/mol. The van der Waals surface area contributed by atoms with Crippen LogP contribution in [0.2, 0.25) is 0 Å². The molecular formula is C9H7BrN2O. The third-order valence-corrected chi connectivity index (χ3v) is 2.42. The third kappa shape index (κ3) is 1.27. The molecule has 0 unspecified atom stereocenters. The van der Waals surface area contributed by atoms with Gasteiger partial charge in [-0.15, -0.1) is 0 Å². The minimum atomic E-state index is 0.485. The highest BCUT2D eigenvalue weighted by atomic mass is 79.9. The van der Waals surface area contributed by atoms with E-state index < -0.39 is 0 Å². The topological polar surface area (TPSA) is 34.4 Å². The molecule has 2 aromatic rings. The first-order valence-electron chi connectivity index (χ1n) is 3.82. The average Bonchev–Trinajstić information content (AvgIpc) is 2.42. The van der Waals surface area contributed by atoms with Crippen molar-refractivity contribution >= 4 is 27.7 Å². The number of hydrogen-bond acceptors (Lipinski definition) is 2. The zero-order chi connectivity index (χ0) is 9.42. The molecule has 4 heteroatoms. The summed E-state index contributed by atoms with van der Waals surface area (Å²) in [5.41, 5.74) is 1.32. The lowest BCUT2D eigenvalue weighted by Crippen LogP contribution is -1.86. The highest BCUT2D eigenvalue weighted by Crippen LogP contribution is 2.16. The first-order valence-corrected chi connectivity index (χ1v) is 4.61. The Morgan fingerprint density at radius 2 is 2.38 bits per heavy atom. The van der Waals surface area contributed by atoms with Gasteiger partial charge in [0.1, 0.15) is 11.5 Å². The second-order valence-corrected chi connectivity index (χ2v) is 3.68. The highest BCUT2D eigenvalue weighted by Gasteiger charge is 2.06. The predicted octanol–water partition coefficient (Wildman–Crippen LogP) is 2.22. The van der Waals surface area contributed by atoms with Crippen LogP contribution in [0.4, 0.5) is 0 Å². The van der Waals surface area contributed by atoms with E-state index in [-0.39, 0.29) is 0 Å². The molecule has 3 nitrogen and oxygen atoms in total. The van der Waals surface area contributed by atoms with Gasteiger partial charge in [-0.3, -0.25) is 4.79 Å². The van der Waals surface area contributed by atoms with Crippen molar-refractivity contribution in [2.24, 2.45) is 0 Å². The fraction of sp³-hybridized carbons (Fsp3) is 0.111. The lowest BCUT2D eigenvalue weighted by Gasteiger charge is -1.95. The minimum absolute atomic E-state index is 0.485. The highest BCUT2D eigenvalue weighted by molar-refractivity contribution is 9.10. The molecule has 2 aromatic heterocycles. The number of hydrogen-bond donors (Lipinski definition) is 0. The van der Waals surface area contributed by atoms with Crippen molar-refractivity contribution in [3.8, 4) is 0 Å². The second kappa shape index (κ2) is 2.96. The van der Waals surface area contributed by atoms with Crippen molar-refractivity contribution < 1.29 is 4.79 Å². The third-order valence-electron chi connectivity index (χ3n) is 1.92. The molecule has 0 N–H and O–H groups in total. The van der Waals surface area contributed by atoms with Crippen molar-refractivity contribution in [2.45, 2.75) is 6.92 Å². The first kappa shape index (κ1) is 8.44. The smallest absolute Gasteiger partial charge is 0.170 e. The molecule has 0 saturated heterocycles. The summed E-state index contributed by atoms with van der Waals surface area (Å²) in [6.07, 6.45) is 2.66. The number of rotatable bonds is 1. The summed E-state index contributed by atoms with van der Waals surface area (Å²) in [5.74, 6) is 0.824. The van der Waals surface area contributed by atoms with Crippen LogP contribution >= 0.6 is 15.9 Å². The molecular weight excluding hydrogens is 232 g/mol. The summed E-state index contributed by atoms with van der Waals surface area (Å²) in [4.78, 5) is 14.8. The summed E-state index contributed by atoms with van der Waals surface area (Å²) in [5, 5.41) is 0. The molecule has 0 fully saturated rings. The zero-order valence-electron chi connectivity index (χ0n) is 6.99. The SMILES string of the molecule is Cc1nc(C=O)c2cc(Br)ccn12. The van der Waals surface area contributed by atoms with Gasteiger partial charge in [-0.05, 0) is 19.1 Å². The van der Waals surface area contributed by atoms with Gasteiger partial charge >= 0.3 is 0 Å². The number of nitrogens with zero attached hydrogens (tertiary/aromatic N) is 2. The molecule has 0 atom stereocenters. The number of pyridine rings is 1. The maximum absolute atomic E-state index is 10.7. The molecule has 0 saturated carbocycles. The summed E-state index contributed by atoms with van der Waals surface area (Å²) >= 11 is 3.35. The van der Waals surface area contributed by atoms with Crippen molar-refractivity contribution in [1.82, 2.24) is 9.38 Å². The molecule has 66 valence electrons. The van der Waals surface area contributed by atoms with Gasteiger partial charge in [0.2, 0.25) is 0 Å². The lowest BCUT2D eigenvalue weighted by molar-refractivity contribution is 0.112. The molecule has 2 rings (SSSR count). The fourth-order valence-electron chi connectivity index (χ4n) is 1.33. The summed E-state index contributed by atoms with van der Waals surface area (Å²) < 4.78 is 2.83. The van der Waals surface area contributed by atoms with E-state index in [9.17, 15) is 4.79 Å². The molecule has 2 heterocycles. The Bertz CT molecular complexity index is 476. The van der Waals surface area contributed by atoms with Crippen LogP contribution in [0.1, 0.15) is 16.3 Å². The number of carbonyl (C=O) groups excluding carboxylic acids is 1. The van der Waals surface area contributed by atoms with Crippen LogP contribution in [0.15, 0.2) is 22.8 Å². The Hall–Kier alpha value is -1.16. The van der Waals surface area contributed by atoms with E-state index in [0.29, 0.717) is 5.69 Å². The molecule has 0 spiro atoms. The number of aromatic nitrogens is 2. The van der Waals surface area contributed by atoms with Crippen LogP contribution in [0.3, 0.4) is 0 Å². The Morgan fingerprint density at radius 1 is 1.62 bits per heavy atom.